The third-order valence-corrected chi connectivity index (χ3v) is 8.31. The maximum absolute atomic E-state index is 10.5. The van der Waals surface area contributed by atoms with Crippen molar-refractivity contribution in [2.24, 2.45) is 0 Å². The molecule has 4 nitrogen and oxygen atoms in total. The van der Waals surface area contributed by atoms with Crippen molar-refractivity contribution >= 4 is 18.4 Å². The Morgan fingerprint density at radius 3 is 2.18 bits per heavy atom. The van der Waals surface area contributed by atoms with Crippen LogP contribution < -0.4 is 0 Å². The third-order valence-electron chi connectivity index (χ3n) is 3.06. The molecule has 0 fully saturated rings. The minimum atomic E-state index is -3.85. The van der Waals surface area contributed by atoms with Gasteiger partial charge in [-0.05, 0) is 24.6 Å². The Kier molecular flexibility index (Phi) is 6.07. The van der Waals surface area contributed by atoms with Gasteiger partial charge in [-0.2, -0.15) is 8.42 Å². The molecule has 0 saturated heterocycles. The SMILES string of the molecule is CC(C)(C)[Si](C)(C)OCC=CCCS(=O)(=O)O. The molecule has 0 aromatic heterocycles. The molecule has 0 rings (SSSR count). The van der Waals surface area contributed by atoms with E-state index < -0.39 is 18.4 Å². The van der Waals surface area contributed by atoms with Crippen LogP contribution in [0.15, 0.2) is 12.2 Å². The maximum atomic E-state index is 10.5. The van der Waals surface area contributed by atoms with E-state index in [0.29, 0.717) is 13.0 Å². The van der Waals surface area contributed by atoms with Gasteiger partial charge in [-0.1, -0.05) is 32.9 Å². The van der Waals surface area contributed by atoms with E-state index in [-0.39, 0.29) is 10.8 Å². The van der Waals surface area contributed by atoms with Gasteiger partial charge in [0, 0.05) is 0 Å². The van der Waals surface area contributed by atoms with E-state index in [0.717, 1.165) is 0 Å². The van der Waals surface area contributed by atoms with Crippen LogP contribution in [0.5, 0.6) is 0 Å². The van der Waals surface area contributed by atoms with E-state index in [4.69, 9.17) is 8.98 Å². The largest absolute Gasteiger partial charge is 0.413 e. The molecule has 0 heterocycles. The molecule has 0 aromatic carbocycles. The second-order valence-corrected chi connectivity index (χ2v) is 12.0. The lowest BCUT2D eigenvalue weighted by Gasteiger charge is -2.35. The van der Waals surface area contributed by atoms with E-state index in [1.807, 2.05) is 6.08 Å². The van der Waals surface area contributed by atoms with Gasteiger partial charge in [-0.15, -0.1) is 0 Å². The zero-order chi connectivity index (χ0) is 13.7. The van der Waals surface area contributed by atoms with Crippen molar-refractivity contribution in [1.82, 2.24) is 0 Å². The highest BCUT2D eigenvalue weighted by Crippen LogP contribution is 2.36. The number of allylic oxidation sites excluding steroid dienone is 1. The van der Waals surface area contributed by atoms with Crippen LogP contribution in [0.1, 0.15) is 27.2 Å². The van der Waals surface area contributed by atoms with Crippen LogP contribution in [0.2, 0.25) is 18.1 Å². The second kappa shape index (κ2) is 6.13. The predicted octanol–water partition coefficient (Wildman–Crippen LogP) is 2.84. The molecule has 17 heavy (non-hydrogen) atoms. The molecule has 0 spiro atoms. The first-order chi connectivity index (χ1) is 7.46. The molecule has 0 aliphatic rings. The average molecular weight is 280 g/mol. The molecular formula is C11H24O4SSi. The molecule has 0 aliphatic carbocycles. The van der Waals surface area contributed by atoms with Gasteiger partial charge in [0.1, 0.15) is 0 Å². The smallest absolute Gasteiger partial charge is 0.265 e. The minimum absolute atomic E-state index is 0.176. The lowest BCUT2D eigenvalue weighted by molar-refractivity contribution is 0.327. The summed E-state index contributed by atoms with van der Waals surface area (Å²) in [5, 5.41) is 0.176. The molecule has 0 saturated carbocycles. The van der Waals surface area contributed by atoms with Crippen molar-refractivity contribution < 1.29 is 17.4 Å². The van der Waals surface area contributed by atoms with Gasteiger partial charge in [0.25, 0.3) is 10.1 Å². The van der Waals surface area contributed by atoms with Crippen LogP contribution in [0.25, 0.3) is 0 Å². The standard InChI is InChI=1S/C11H24O4SSi/c1-11(2,3)17(4,5)15-9-7-6-8-10-16(12,13)14/h6-7H,8-10H2,1-5H3,(H,12,13,14). The van der Waals surface area contributed by atoms with Gasteiger partial charge < -0.3 is 4.43 Å². The monoisotopic (exact) mass is 280 g/mol. The van der Waals surface area contributed by atoms with Crippen LogP contribution in [-0.4, -0.2) is 33.6 Å². The third kappa shape index (κ3) is 7.70. The fourth-order valence-corrected chi connectivity index (χ4v) is 2.26. The minimum Gasteiger partial charge on any atom is -0.413 e. The quantitative estimate of drug-likeness (QED) is 0.461. The Bertz CT molecular complexity index is 352. The molecule has 0 atom stereocenters. The topological polar surface area (TPSA) is 63.6 Å². The van der Waals surface area contributed by atoms with Crippen molar-refractivity contribution in [3.05, 3.63) is 12.2 Å². The Morgan fingerprint density at radius 2 is 1.76 bits per heavy atom. The number of rotatable bonds is 6. The lowest BCUT2D eigenvalue weighted by Crippen LogP contribution is -2.40. The highest BCUT2D eigenvalue weighted by molar-refractivity contribution is 7.85. The number of hydrogen-bond donors (Lipinski definition) is 1. The van der Waals surface area contributed by atoms with Gasteiger partial charge in [0.05, 0.1) is 12.4 Å². The summed E-state index contributed by atoms with van der Waals surface area (Å²) in [6.07, 6.45) is 3.85. The molecule has 102 valence electrons. The summed E-state index contributed by atoms with van der Waals surface area (Å²) in [7, 11) is -5.57. The van der Waals surface area contributed by atoms with Crippen molar-refractivity contribution in [2.45, 2.75) is 45.3 Å². The Labute approximate surface area is 106 Å². The maximum Gasteiger partial charge on any atom is 0.265 e. The average Bonchev–Trinajstić information content (AvgIpc) is 2.07. The van der Waals surface area contributed by atoms with Gasteiger partial charge in [0.2, 0.25) is 0 Å². The first-order valence-electron chi connectivity index (χ1n) is 5.70. The summed E-state index contributed by atoms with van der Waals surface area (Å²) in [5.74, 6) is -0.233. The van der Waals surface area contributed by atoms with E-state index >= 15 is 0 Å². The first-order valence-corrected chi connectivity index (χ1v) is 10.2. The van der Waals surface area contributed by atoms with Crippen molar-refractivity contribution in [3.8, 4) is 0 Å². The summed E-state index contributed by atoms with van der Waals surface area (Å²) in [6, 6.07) is 0. The Hall–Kier alpha value is -0.173. The molecule has 0 radical (unpaired) electrons. The summed E-state index contributed by atoms with van der Waals surface area (Å²) < 4.78 is 35.3. The molecule has 0 aliphatic heterocycles. The highest BCUT2D eigenvalue weighted by Gasteiger charge is 2.36. The summed E-state index contributed by atoms with van der Waals surface area (Å²) >= 11 is 0. The number of hydrogen-bond acceptors (Lipinski definition) is 3. The molecule has 6 heteroatoms. The van der Waals surface area contributed by atoms with Crippen LogP contribution in [0.4, 0.5) is 0 Å². The molecule has 0 bridgehead atoms. The van der Waals surface area contributed by atoms with Crippen molar-refractivity contribution in [1.29, 1.82) is 0 Å². The van der Waals surface area contributed by atoms with E-state index in [9.17, 15) is 8.42 Å². The molecular weight excluding hydrogens is 256 g/mol. The highest BCUT2D eigenvalue weighted by atomic mass is 32.2. The Balaban J connectivity index is 3.97. The van der Waals surface area contributed by atoms with Crippen LogP contribution in [0.3, 0.4) is 0 Å². The molecule has 1 N–H and O–H groups in total. The van der Waals surface area contributed by atoms with Gasteiger partial charge >= 0.3 is 0 Å². The molecule has 0 amide bonds. The summed E-state index contributed by atoms with van der Waals surface area (Å²) in [4.78, 5) is 0. The lowest BCUT2D eigenvalue weighted by atomic mass is 10.2. The van der Waals surface area contributed by atoms with E-state index in [2.05, 4.69) is 33.9 Å². The summed E-state index contributed by atoms with van der Waals surface area (Å²) in [5.41, 5.74) is 0. The summed E-state index contributed by atoms with van der Waals surface area (Å²) in [6.45, 7) is 11.3. The fourth-order valence-electron chi connectivity index (χ4n) is 0.876. The van der Waals surface area contributed by atoms with Crippen LogP contribution >= 0.6 is 0 Å². The van der Waals surface area contributed by atoms with Crippen molar-refractivity contribution in [2.75, 3.05) is 12.4 Å². The molecule has 0 unspecified atom stereocenters. The van der Waals surface area contributed by atoms with Gasteiger partial charge in [0.15, 0.2) is 8.32 Å². The van der Waals surface area contributed by atoms with E-state index in [1.165, 1.54) is 0 Å². The second-order valence-electron chi connectivity index (χ2n) is 5.62. The van der Waals surface area contributed by atoms with Gasteiger partial charge in [-0.25, -0.2) is 0 Å². The Morgan fingerprint density at radius 1 is 1.24 bits per heavy atom. The molecule has 0 aromatic rings. The fraction of sp³-hybridized carbons (Fsp3) is 0.818. The van der Waals surface area contributed by atoms with Crippen LogP contribution in [0, 0.1) is 0 Å². The van der Waals surface area contributed by atoms with Crippen LogP contribution in [-0.2, 0) is 14.5 Å². The van der Waals surface area contributed by atoms with Crippen molar-refractivity contribution in [3.63, 3.8) is 0 Å². The van der Waals surface area contributed by atoms with Gasteiger partial charge in [-0.3, -0.25) is 4.55 Å². The predicted molar refractivity (Wildman–Crippen MR) is 73.3 cm³/mol. The zero-order valence-corrected chi connectivity index (χ0v) is 13.2. The normalized spacial score (nSPS) is 14.5. The zero-order valence-electron chi connectivity index (χ0n) is 11.4. The first kappa shape index (κ1) is 16.8. The van der Waals surface area contributed by atoms with E-state index in [1.54, 1.807) is 6.08 Å².